The lowest BCUT2D eigenvalue weighted by Gasteiger charge is -2.20. The molecule has 0 saturated heterocycles. The molecular formula is C9H21N3OS. The standard InChI is InChI=1S/C9H21N3OS/c1-11-5-6-12(2)9(13)8(10)4-7-14-3/h8,11H,4-7,10H2,1-3H3/t8-/m1/s1. The third-order valence-electron chi connectivity index (χ3n) is 2.02. The van der Waals surface area contributed by atoms with Crippen LogP contribution in [0.25, 0.3) is 0 Å². The summed E-state index contributed by atoms with van der Waals surface area (Å²) >= 11 is 1.71. The van der Waals surface area contributed by atoms with Crippen LogP contribution in [0.5, 0.6) is 0 Å². The maximum Gasteiger partial charge on any atom is 0.239 e. The molecule has 0 radical (unpaired) electrons. The third kappa shape index (κ3) is 5.47. The third-order valence-corrected chi connectivity index (χ3v) is 2.67. The van der Waals surface area contributed by atoms with Crippen LogP contribution in [0.3, 0.4) is 0 Å². The van der Waals surface area contributed by atoms with Crippen molar-refractivity contribution in [1.82, 2.24) is 10.2 Å². The first kappa shape index (κ1) is 13.7. The molecule has 4 nitrogen and oxygen atoms in total. The summed E-state index contributed by atoms with van der Waals surface area (Å²) in [5.41, 5.74) is 5.75. The molecule has 1 amide bonds. The van der Waals surface area contributed by atoms with Crippen molar-refractivity contribution in [3.63, 3.8) is 0 Å². The van der Waals surface area contributed by atoms with E-state index in [1.165, 1.54) is 0 Å². The van der Waals surface area contributed by atoms with Crippen LogP contribution in [-0.2, 0) is 4.79 Å². The van der Waals surface area contributed by atoms with Crippen LogP contribution >= 0.6 is 11.8 Å². The number of rotatable bonds is 7. The van der Waals surface area contributed by atoms with E-state index in [-0.39, 0.29) is 11.9 Å². The molecule has 0 aromatic heterocycles. The molecule has 0 saturated carbocycles. The minimum Gasteiger partial charge on any atom is -0.343 e. The van der Waals surface area contributed by atoms with Gasteiger partial charge in [0, 0.05) is 20.1 Å². The fourth-order valence-corrected chi connectivity index (χ4v) is 1.53. The van der Waals surface area contributed by atoms with Crippen LogP contribution in [0.15, 0.2) is 0 Å². The second kappa shape index (κ2) is 8.08. The minimum absolute atomic E-state index is 0.0364. The molecule has 0 aliphatic heterocycles. The summed E-state index contributed by atoms with van der Waals surface area (Å²) in [7, 11) is 3.66. The number of carbonyl (C=O) groups is 1. The number of thioether (sulfide) groups is 1. The maximum atomic E-state index is 11.6. The van der Waals surface area contributed by atoms with Gasteiger partial charge in [-0.1, -0.05) is 0 Å². The van der Waals surface area contributed by atoms with Crippen LogP contribution in [0.2, 0.25) is 0 Å². The monoisotopic (exact) mass is 219 g/mol. The number of amides is 1. The van der Waals surface area contributed by atoms with Crippen molar-refractivity contribution in [2.24, 2.45) is 5.73 Å². The Hall–Kier alpha value is -0.260. The van der Waals surface area contributed by atoms with Gasteiger partial charge in [0.1, 0.15) is 0 Å². The minimum atomic E-state index is -0.343. The Morgan fingerprint density at radius 3 is 2.79 bits per heavy atom. The van der Waals surface area contributed by atoms with Gasteiger partial charge >= 0.3 is 0 Å². The van der Waals surface area contributed by atoms with Crippen LogP contribution in [0.1, 0.15) is 6.42 Å². The van der Waals surface area contributed by atoms with Gasteiger partial charge in [-0.25, -0.2) is 0 Å². The van der Waals surface area contributed by atoms with Crippen LogP contribution in [0, 0.1) is 0 Å². The molecule has 0 unspecified atom stereocenters. The Labute approximate surface area is 90.6 Å². The maximum absolute atomic E-state index is 11.6. The fourth-order valence-electron chi connectivity index (χ4n) is 1.04. The highest BCUT2D eigenvalue weighted by Gasteiger charge is 2.16. The quantitative estimate of drug-likeness (QED) is 0.620. The molecule has 0 rings (SSSR count). The molecule has 14 heavy (non-hydrogen) atoms. The van der Waals surface area contributed by atoms with Crippen LogP contribution in [-0.4, -0.2) is 56.0 Å². The van der Waals surface area contributed by atoms with E-state index in [1.54, 1.807) is 23.7 Å². The van der Waals surface area contributed by atoms with E-state index in [2.05, 4.69) is 5.32 Å². The second-order valence-electron chi connectivity index (χ2n) is 3.25. The molecular weight excluding hydrogens is 198 g/mol. The SMILES string of the molecule is CNCCN(C)C(=O)[C@H](N)CCSC. The Bertz CT molecular complexity index is 150. The van der Waals surface area contributed by atoms with Gasteiger partial charge in [0.25, 0.3) is 0 Å². The van der Waals surface area contributed by atoms with Gasteiger partial charge in [0.15, 0.2) is 0 Å². The van der Waals surface area contributed by atoms with Gasteiger partial charge in [-0.05, 0) is 25.5 Å². The summed E-state index contributed by atoms with van der Waals surface area (Å²) in [5, 5.41) is 3.00. The Balaban J connectivity index is 3.78. The normalized spacial score (nSPS) is 12.6. The van der Waals surface area contributed by atoms with Gasteiger partial charge < -0.3 is 16.0 Å². The van der Waals surface area contributed by atoms with Gasteiger partial charge in [0.2, 0.25) is 5.91 Å². The average molecular weight is 219 g/mol. The van der Waals surface area contributed by atoms with Crippen molar-refractivity contribution in [1.29, 1.82) is 0 Å². The van der Waals surface area contributed by atoms with Crippen molar-refractivity contribution >= 4 is 17.7 Å². The lowest BCUT2D eigenvalue weighted by Crippen LogP contribution is -2.44. The van der Waals surface area contributed by atoms with E-state index in [0.29, 0.717) is 6.54 Å². The predicted molar refractivity (Wildman–Crippen MR) is 62.5 cm³/mol. The van der Waals surface area contributed by atoms with E-state index in [4.69, 9.17) is 5.73 Å². The molecule has 5 heteroatoms. The predicted octanol–water partition coefficient (Wildman–Crippen LogP) is -0.255. The molecule has 84 valence electrons. The first-order chi connectivity index (χ1) is 6.63. The summed E-state index contributed by atoms with van der Waals surface area (Å²) in [6.07, 6.45) is 2.77. The molecule has 1 atom stereocenters. The lowest BCUT2D eigenvalue weighted by molar-refractivity contribution is -0.131. The number of likely N-dealkylation sites (N-methyl/N-ethyl adjacent to an activating group) is 2. The Morgan fingerprint density at radius 1 is 1.64 bits per heavy atom. The summed E-state index contributed by atoms with van der Waals surface area (Å²) in [4.78, 5) is 13.3. The van der Waals surface area contributed by atoms with Gasteiger partial charge in [-0.3, -0.25) is 4.79 Å². The summed E-state index contributed by atoms with van der Waals surface area (Å²) in [6.45, 7) is 1.51. The highest BCUT2D eigenvalue weighted by molar-refractivity contribution is 7.98. The van der Waals surface area contributed by atoms with E-state index in [9.17, 15) is 4.79 Å². The van der Waals surface area contributed by atoms with Gasteiger partial charge in [-0.2, -0.15) is 11.8 Å². The zero-order valence-electron chi connectivity index (χ0n) is 9.25. The summed E-state index contributed by atoms with van der Waals surface area (Å²) in [6, 6.07) is -0.343. The summed E-state index contributed by atoms with van der Waals surface area (Å²) in [5.74, 6) is 0.974. The van der Waals surface area contributed by atoms with Crippen molar-refractivity contribution in [3.05, 3.63) is 0 Å². The number of carbonyl (C=O) groups excluding carboxylic acids is 1. The molecule has 0 bridgehead atoms. The van der Waals surface area contributed by atoms with E-state index >= 15 is 0 Å². The highest BCUT2D eigenvalue weighted by Crippen LogP contribution is 2.01. The van der Waals surface area contributed by atoms with E-state index < -0.39 is 0 Å². The van der Waals surface area contributed by atoms with E-state index in [1.807, 2.05) is 13.3 Å². The number of nitrogens with zero attached hydrogens (tertiary/aromatic N) is 1. The number of nitrogens with two attached hydrogens (primary N) is 1. The van der Waals surface area contributed by atoms with Crippen molar-refractivity contribution in [2.45, 2.75) is 12.5 Å². The van der Waals surface area contributed by atoms with Crippen molar-refractivity contribution in [2.75, 3.05) is 39.2 Å². The van der Waals surface area contributed by atoms with Crippen LogP contribution < -0.4 is 11.1 Å². The highest BCUT2D eigenvalue weighted by atomic mass is 32.2. The molecule has 3 N–H and O–H groups in total. The zero-order valence-corrected chi connectivity index (χ0v) is 10.1. The molecule has 0 aliphatic carbocycles. The first-order valence-electron chi connectivity index (χ1n) is 4.77. The Morgan fingerprint density at radius 2 is 2.29 bits per heavy atom. The van der Waals surface area contributed by atoms with Gasteiger partial charge in [-0.15, -0.1) is 0 Å². The molecule has 0 aliphatic rings. The Kier molecular flexibility index (Phi) is 7.93. The smallest absolute Gasteiger partial charge is 0.239 e. The molecule has 0 fully saturated rings. The zero-order chi connectivity index (χ0) is 11.0. The first-order valence-corrected chi connectivity index (χ1v) is 6.17. The topological polar surface area (TPSA) is 58.4 Å². The lowest BCUT2D eigenvalue weighted by atomic mass is 10.2. The number of hydrogen-bond acceptors (Lipinski definition) is 4. The fraction of sp³-hybridized carbons (Fsp3) is 0.889. The molecule has 0 aromatic carbocycles. The average Bonchev–Trinajstić information content (AvgIpc) is 2.21. The van der Waals surface area contributed by atoms with Crippen molar-refractivity contribution in [3.8, 4) is 0 Å². The summed E-state index contributed by atoms with van der Waals surface area (Å²) < 4.78 is 0. The van der Waals surface area contributed by atoms with Crippen molar-refractivity contribution < 1.29 is 4.79 Å². The van der Waals surface area contributed by atoms with E-state index in [0.717, 1.165) is 18.7 Å². The second-order valence-corrected chi connectivity index (χ2v) is 4.24. The largest absolute Gasteiger partial charge is 0.343 e. The van der Waals surface area contributed by atoms with Crippen LogP contribution in [0.4, 0.5) is 0 Å². The van der Waals surface area contributed by atoms with Gasteiger partial charge in [0.05, 0.1) is 6.04 Å². The number of hydrogen-bond donors (Lipinski definition) is 2. The molecule has 0 heterocycles. The molecule has 0 aromatic rings. The molecule has 0 spiro atoms. The number of nitrogens with one attached hydrogen (secondary N) is 1.